The molecule has 80 valence electrons. The van der Waals surface area contributed by atoms with Gasteiger partial charge >= 0.3 is 0 Å². The van der Waals surface area contributed by atoms with Gasteiger partial charge in [-0.3, -0.25) is 4.90 Å². The summed E-state index contributed by atoms with van der Waals surface area (Å²) >= 11 is 0. The number of nitrogens with zero attached hydrogens (tertiary/aromatic N) is 1. The molecule has 0 saturated heterocycles. The largest absolute Gasteiger partial charge is 0.396 e. The molecule has 0 aliphatic rings. The van der Waals surface area contributed by atoms with Crippen molar-refractivity contribution in [1.29, 1.82) is 0 Å². The number of unbranched alkanes of at least 4 members (excludes halogenated alkanes) is 1. The number of hydrogen-bond donors (Lipinski definition) is 2. The van der Waals surface area contributed by atoms with Gasteiger partial charge in [-0.05, 0) is 19.4 Å². The van der Waals surface area contributed by atoms with E-state index in [0.29, 0.717) is 13.2 Å². The van der Waals surface area contributed by atoms with Crippen LogP contribution in [0.3, 0.4) is 0 Å². The molecule has 0 saturated carbocycles. The van der Waals surface area contributed by atoms with Crippen molar-refractivity contribution in [1.82, 2.24) is 4.90 Å². The molecule has 0 atom stereocenters. The van der Waals surface area contributed by atoms with Crippen molar-refractivity contribution in [2.45, 2.75) is 12.8 Å². The van der Waals surface area contributed by atoms with E-state index in [4.69, 9.17) is 14.9 Å². The molecular weight excluding hydrogens is 170 g/mol. The van der Waals surface area contributed by atoms with Crippen molar-refractivity contribution in [3.05, 3.63) is 0 Å². The first-order valence-corrected chi connectivity index (χ1v) is 4.78. The van der Waals surface area contributed by atoms with E-state index >= 15 is 0 Å². The van der Waals surface area contributed by atoms with Crippen LogP contribution in [0.1, 0.15) is 12.8 Å². The SMILES string of the molecule is COCCN(CCO)CCCCO. The minimum Gasteiger partial charge on any atom is -0.396 e. The lowest BCUT2D eigenvalue weighted by molar-refractivity contribution is 0.128. The van der Waals surface area contributed by atoms with Crippen LogP contribution in [0.4, 0.5) is 0 Å². The molecule has 0 aromatic carbocycles. The molecule has 0 unspecified atom stereocenters. The van der Waals surface area contributed by atoms with Gasteiger partial charge in [0, 0.05) is 26.8 Å². The van der Waals surface area contributed by atoms with Crippen LogP contribution in [-0.4, -0.2) is 61.7 Å². The summed E-state index contributed by atoms with van der Waals surface area (Å²) in [5, 5.41) is 17.4. The molecule has 0 radical (unpaired) electrons. The molecule has 0 aromatic rings. The highest BCUT2D eigenvalue weighted by Crippen LogP contribution is 1.94. The average Bonchev–Trinajstić information content (AvgIpc) is 2.14. The van der Waals surface area contributed by atoms with E-state index in [1.165, 1.54) is 0 Å². The monoisotopic (exact) mass is 191 g/mol. The van der Waals surface area contributed by atoms with Crippen LogP contribution in [0.25, 0.3) is 0 Å². The van der Waals surface area contributed by atoms with E-state index in [1.54, 1.807) is 7.11 Å². The zero-order valence-electron chi connectivity index (χ0n) is 8.41. The van der Waals surface area contributed by atoms with Gasteiger partial charge in [-0.1, -0.05) is 0 Å². The third kappa shape index (κ3) is 8.18. The molecule has 0 bridgehead atoms. The van der Waals surface area contributed by atoms with Gasteiger partial charge in [-0.25, -0.2) is 0 Å². The van der Waals surface area contributed by atoms with Crippen LogP contribution < -0.4 is 0 Å². The molecule has 0 aromatic heterocycles. The van der Waals surface area contributed by atoms with E-state index < -0.39 is 0 Å². The Morgan fingerprint density at radius 1 is 1.00 bits per heavy atom. The fourth-order valence-corrected chi connectivity index (χ4v) is 1.14. The van der Waals surface area contributed by atoms with Crippen molar-refractivity contribution < 1.29 is 14.9 Å². The van der Waals surface area contributed by atoms with Crippen LogP contribution in [0.15, 0.2) is 0 Å². The highest BCUT2D eigenvalue weighted by molar-refractivity contribution is 4.56. The second kappa shape index (κ2) is 9.92. The molecule has 0 rings (SSSR count). The fourth-order valence-electron chi connectivity index (χ4n) is 1.14. The van der Waals surface area contributed by atoms with Crippen LogP contribution in [0, 0.1) is 0 Å². The molecule has 0 aliphatic carbocycles. The predicted octanol–water partition coefficient (Wildman–Crippen LogP) is -0.300. The van der Waals surface area contributed by atoms with Gasteiger partial charge < -0.3 is 14.9 Å². The summed E-state index contributed by atoms with van der Waals surface area (Å²) in [6, 6.07) is 0. The Morgan fingerprint density at radius 2 is 1.77 bits per heavy atom. The quantitative estimate of drug-likeness (QED) is 0.491. The third-order valence-electron chi connectivity index (χ3n) is 1.91. The maximum absolute atomic E-state index is 8.76. The normalized spacial score (nSPS) is 11.1. The van der Waals surface area contributed by atoms with E-state index in [0.717, 1.165) is 25.9 Å². The Hall–Kier alpha value is -0.160. The summed E-state index contributed by atoms with van der Waals surface area (Å²) in [6.45, 7) is 3.58. The number of ether oxygens (including phenoxy) is 1. The van der Waals surface area contributed by atoms with Gasteiger partial charge in [0.05, 0.1) is 13.2 Å². The lowest BCUT2D eigenvalue weighted by Gasteiger charge is -2.20. The van der Waals surface area contributed by atoms with Gasteiger partial charge in [0.2, 0.25) is 0 Å². The second-order valence-electron chi connectivity index (χ2n) is 2.99. The summed E-state index contributed by atoms with van der Waals surface area (Å²) in [7, 11) is 1.67. The Balaban J connectivity index is 3.41. The summed E-state index contributed by atoms with van der Waals surface area (Å²) in [5.41, 5.74) is 0. The van der Waals surface area contributed by atoms with Gasteiger partial charge in [-0.15, -0.1) is 0 Å². The molecule has 4 heteroatoms. The predicted molar refractivity (Wildman–Crippen MR) is 51.7 cm³/mol. The molecule has 2 N–H and O–H groups in total. The van der Waals surface area contributed by atoms with E-state index in [1.807, 2.05) is 0 Å². The molecule has 4 nitrogen and oxygen atoms in total. The Morgan fingerprint density at radius 3 is 2.31 bits per heavy atom. The van der Waals surface area contributed by atoms with Gasteiger partial charge in [0.15, 0.2) is 0 Å². The first-order chi connectivity index (χ1) is 6.35. The van der Waals surface area contributed by atoms with E-state index in [2.05, 4.69) is 4.90 Å². The fraction of sp³-hybridized carbons (Fsp3) is 1.00. The second-order valence-corrected chi connectivity index (χ2v) is 2.99. The van der Waals surface area contributed by atoms with Gasteiger partial charge in [0.1, 0.15) is 0 Å². The number of aliphatic hydroxyl groups excluding tert-OH is 2. The number of rotatable bonds is 9. The lowest BCUT2D eigenvalue weighted by atomic mass is 10.3. The zero-order chi connectivity index (χ0) is 9.94. The average molecular weight is 191 g/mol. The topological polar surface area (TPSA) is 52.9 Å². The van der Waals surface area contributed by atoms with E-state index in [-0.39, 0.29) is 13.2 Å². The molecule has 0 spiro atoms. The van der Waals surface area contributed by atoms with Crippen molar-refractivity contribution in [2.75, 3.05) is 46.6 Å². The number of aliphatic hydroxyl groups is 2. The highest BCUT2D eigenvalue weighted by Gasteiger charge is 2.02. The summed E-state index contributed by atoms with van der Waals surface area (Å²) in [4.78, 5) is 2.14. The van der Waals surface area contributed by atoms with Crippen molar-refractivity contribution in [2.24, 2.45) is 0 Å². The standard InChI is InChI=1S/C9H21NO3/c1-13-9-6-10(5-8-12)4-2-3-7-11/h11-12H,2-9H2,1H3. The first kappa shape index (κ1) is 12.8. The Labute approximate surface area is 80.1 Å². The zero-order valence-corrected chi connectivity index (χ0v) is 8.41. The summed E-state index contributed by atoms with van der Waals surface area (Å²) in [6.07, 6.45) is 1.80. The third-order valence-corrected chi connectivity index (χ3v) is 1.91. The molecule has 13 heavy (non-hydrogen) atoms. The molecule has 0 fully saturated rings. The van der Waals surface area contributed by atoms with Gasteiger partial charge in [-0.2, -0.15) is 0 Å². The minimum absolute atomic E-state index is 0.183. The Kier molecular flexibility index (Phi) is 9.80. The number of hydrogen-bond acceptors (Lipinski definition) is 4. The van der Waals surface area contributed by atoms with Gasteiger partial charge in [0.25, 0.3) is 0 Å². The summed E-state index contributed by atoms with van der Waals surface area (Å²) in [5.74, 6) is 0. The minimum atomic E-state index is 0.183. The molecule has 0 aliphatic heterocycles. The smallest absolute Gasteiger partial charge is 0.0589 e. The van der Waals surface area contributed by atoms with E-state index in [9.17, 15) is 0 Å². The first-order valence-electron chi connectivity index (χ1n) is 4.78. The molecule has 0 heterocycles. The van der Waals surface area contributed by atoms with Crippen LogP contribution in [-0.2, 0) is 4.74 Å². The Bertz CT molecular complexity index is 101. The lowest BCUT2D eigenvalue weighted by Crippen LogP contribution is -2.31. The summed E-state index contributed by atoms with van der Waals surface area (Å²) < 4.78 is 4.95. The molecular formula is C9H21NO3. The number of methoxy groups -OCH3 is 1. The van der Waals surface area contributed by atoms with Crippen molar-refractivity contribution in [3.8, 4) is 0 Å². The van der Waals surface area contributed by atoms with Crippen molar-refractivity contribution in [3.63, 3.8) is 0 Å². The highest BCUT2D eigenvalue weighted by atomic mass is 16.5. The van der Waals surface area contributed by atoms with Crippen LogP contribution in [0.2, 0.25) is 0 Å². The van der Waals surface area contributed by atoms with Crippen molar-refractivity contribution >= 4 is 0 Å². The van der Waals surface area contributed by atoms with Crippen LogP contribution in [0.5, 0.6) is 0 Å². The maximum Gasteiger partial charge on any atom is 0.0589 e. The molecule has 0 amide bonds. The van der Waals surface area contributed by atoms with Crippen LogP contribution >= 0.6 is 0 Å². The maximum atomic E-state index is 8.76.